The fourth-order valence-electron chi connectivity index (χ4n) is 3.73. The first kappa shape index (κ1) is 25.0. The van der Waals surface area contributed by atoms with E-state index in [1.54, 1.807) is 64.5 Å². The second-order valence-electron chi connectivity index (χ2n) is 9.39. The third-order valence-corrected chi connectivity index (χ3v) is 5.29. The van der Waals surface area contributed by atoms with E-state index in [0.717, 1.165) is 0 Å². The highest BCUT2D eigenvalue weighted by atomic mass is 16.6. The maximum Gasteiger partial charge on any atom is 0.330 e. The average Bonchev–Trinajstić information content (AvgIpc) is 3.29. The van der Waals surface area contributed by atoms with Crippen LogP contribution < -0.4 is 10.1 Å². The van der Waals surface area contributed by atoms with Crippen LogP contribution in [-0.4, -0.2) is 40.1 Å². The van der Waals surface area contributed by atoms with Gasteiger partial charge in [0.2, 0.25) is 5.78 Å². The summed E-state index contributed by atoms with van der Waals surface area (Å²) in [5.74, 6) is -0.657. The van der Waals surface area contributed by atoms with Crippen LogP contribution in [0.5, 0.6) is 5.75 Å². The fourth-order valence-corrected chi connectivity index (χ4v) is 3.73. The third kappa shape index (κ3) is 6.04. The predicted octanol–water partition coefficient (Wildman–Crippen LogP) is 5.26. The summed E-state index contributed by atoms with van der Waals surface area (Å²) < 4.78 is 12.8. The SMILES string of the molecule is COc1ccc(N[C@H](C(=O)OC(C)(C)C)[C@@H](C(=O)c2nccn2C(C)C)c2ccccc2)cc1. The van der Waals surface area contributed by atoms with Gasteiger partial charge in [-0.25, -0.2) is 9.78 Å². The number of methoxy groups -OCH3 is 1. The summed E-state index contributed by atoms with van der Waals surface area (Å²) in [6.45, 7) is 9.38. The van der Waals surface area contributed by atoms with Crippen LogP contribution in [0.15, 0.2) is 67.0 Å². The highest BCUT2D eigenvalue weighted by Gasteiger charge is 2.40. The van der Waals surface area contributed by atoms with Crippen LogP contribution in [0.1, 0.15) is 62.8 Å². The van der Waals surface area contributed by atoms with Gasteiger partial charge in [0.15, 0.2) is 5.82 Å². The Morgan fingerprint density at radius 3 is 2.21 bits per heavy atom. The zero-order chi connectivity index (χ0) is 24.9. The third-order valence-electron chi connectivity index (χ3n) is 5.29. The Morgan fingerprint density at radius 2 is 1.65 bits per heavy atom. The molecule has 1 N–H and O–H groups in total. The van der Waals surface area contributed by atoms with Gasteiger partial charge in [-0.3, -0.25) is 4.79 Å². The van der Waals surface area contributed by atoms with E-state index in [2.05, 4.69) is 10.3 Å². The molecule has 0 fully saturated rings. The second kappa shape index (κ2) is 10.5. The maximum absolute atomic E-state index is 14.0. The molecular formula is C27H33N3O4. The zero-order valence-corrected chi connectivity index (χ0v) is 20.6. The Kier molecular flexibility index (Phi) is 7.76. The summed E-state index contributed by atoms with van der Waals surface area (Å²) in [5.41, 5.74) is 0.637. The smallest absolute Gasteiger partial charge is 0.330 e. The van der Waals surface area contributed by atoms with Crippen LogP contribution in [0.4, 0.5) is 5.69 Å². The molecule has 0 saturated heterocycles. The minimum atomic E-state index is -0.986. The predicted molar refractivity (Wildman–Crippen MR) is 132 cm³/mol. The molecule has 7 nitrogen and oxygen atoms in total. The second-order valence-corrected chi connectivity index (χ2v) is 9.39. The van der Waals surface area contributed by atoms with Gasteiger partial charge >= 0.3 is 5.97 Å². The number of imidazole rings is 1. The number of nitrogens with one attached hydrogen (secondary N) is 1. The Morgan fingerprint density at radius 1 is 1.00 bits per heavy atom. The zero-order valence-electron chi connectivity index (χ0n) is 20.6. The Hall–Kier alpha value is -3.61. The maximum atomic E-state index is 14.0. The fraction of sp³-hybridized carbons (Fsp3) is 0.370. The van der Waals surface area contributed by atoms with Crippen molar-refractivity contribution in [3.8, 4) is 5.75 Å². The topological polar surface area (TPSA) is 82.4 Å². The van der Waals surface area contributed by atoms with E-state index in [1.165, 1.54) is 0 Å². The van der Waals surface area contributed by atoms with Gasteiger partial charge in [-0.15, -0.1) is 0 Å². The monoisotopic (exact) mass is 463 g/mol. The molecule has 2 aromatic carbocycles. The van der Waals surface area contributed by atoms with Crippen molar-refractivity contribution in [2.45, 2.75) is 58.2 Å². The molecule has 0 unspecified atom stereocenters. The Labute approximate surface area is 201 Å². The molecule has 7 heteroatoms. The van der Waals surface area contributed by atoms with E-state index in [4.69, 9.17) is 9.47 Å². The van der Waals surface area contributed by atoms with Crippen LogP contribution in [0.25, 0.3) is 0 Å². The number of hydrogen-bond acceptors (Lipinski definition) is 6. The number of ether oxygens (including phenoxy) is 2. The number of hydrogen-bond donors (Lipinski definition) is 1. The number of ketones is 1. The molecule has 0 amide bonds. The largest absolute Gasteiger partial charge is 0.497 e. The van der Waals surface area contributed by atoms with Gasteiger partial charge in [-0.1, -0.05) is 30.3 Å². The summed E-state index contributed by atoms with van der Waals surface area (Å²) >= 11 is 0. The summed E-state index contributed by atoms with van der Waals surface area (Å²) in [7, 11) is 1.59. The molecule has 3 rings (SSSR count). The summed E-state index contributed by atoms with van der Waals surface area (Å²) in [6, 6.07) is 15.5. The summed E-state index contributed by atoms with van der Waals surface area (Å²) in [4.78, 5) is 31.8. The standard InChI is InChI=1S/C27H33N3O4/c1-18(2)30-17-16-28-25(30)24(31)22(19-10-8-7-9-11-19)23(26(32)34-27(3,4)5)29-20-12-14-21(33-6)15-13-20/h7-18,22-23,29H,1-6H3/t22-,23-/m0/s1. The van der Waals surface area contributed by atoms with E-state index >= 15 is 0 Å². The van der Waals surface area contributed by atoms with Crippen LogP contribution in [0.2, 0.25) is 0 Å². The van der Waals surface area contributed by atoms with Crippen molar-refractivity contribution < 1.29 is 19.1 Å². The lowest BCUT2D eigenvalue weighted by Gasteiger charge is -2.30. The molecule has 0 spiro atoms. The molecule has 3 aromatic rings. The highest BCUT2D eigenvalue weighted by Crippen LogP contribution is 2.30. The van der Waals surface area contributed by atoms with Gasteiger partial charge in [0.1, 0.15) is 17.4 Å². The van der Waals surface area contributed by atoms with Crippen molar-refractivity contribution in [2.75, 3.05) is 12.4 Å². The number of Topliss-reactive ketones (excluding diaryl/α,β-unsaturated/α-hetero) is 1. The average molecular weight is 464 g/mol. The van der Waals surface area contributed by atoms with Crippen LogP contribution in [-0.2, 0) is 9.53 Å². The van der Waals surface area contributed by atoms with Gasteiger partial charge in [-0.2, -0.15) is 0 Å². The highest BCUT2D eigenvalue weighted by molar-refractivity contribution is 6.03. The van der Waals surface area contributed by atoms with E-state index < -0.39 is 23.5 Å². The number of nitrogens with zero attached hydrogens (tertiary/aromatic N) is 2. The molecule has 34 heavy (non-hydrogen) atoms. The normalized spacial score (nSPS) is 13.3. The molecule has 1 heterocycles. The summed E-state index contributed by atoms with van der Waals surface area (Å²) in [5, 5.41) is 3.25. The van der Waals surface area contributed by atoms with Crippen molar-refractivity contribution >= 4 is 17.4 Å². The number of carbonyl (C=O) groups is 2. The van der Waals surface area contributed by atoms with E-state index in [0.29, 0.717) is 22.8 Å². The van der Waals surface area contributed by atoms with Crippen LogP contribution >= 0.6 is 0 Å². The van der Waals surface area contributed by atoms with Gasteiger partial charge < -0.3 is 19.4 Å². The lowest BCUT2D eigenvalue weighted by Crippen LogP contribution is -2.44. The first-order valence-corrected chi connectivity index (χ1v) is 11.4. The first-order valence-electron chi connectivity index (χ1n) is 11.4. The number of aromatic nitrogens is 2. The Balaban J connectivity index is 2.10. The molecule has 0 radical (unpaired) electrons. The number of esters is 1. The van der Waals surface area contributed by atoms with Crippen molar-refractivity contribution in [3.63, 3.8) is 0 Å². The minimum Gasteiger partial charge on any atom is -0.497 e. The Bertz CT molecular complexity index is 1100. The molecule has 0 bridgehead atoms. The number of benzene rings is 2. The van der Waals surface area contributed by atoms with Crippen molar-refractivity contribution in [1.29, 1.82) is 0 Å². The molecule has 180 valence electrons. The van der Waals surface area contributed by atoms with Crippen LogP contribution in [0, 0.1) is 0 Å². The van der Waals surface area contributed by atoms with Crippen molar-refractivity contribution in [2.24, 2.45) is 0 Å². The number of carbonyl (C=O) groups excluding carboxylic acids is 2. The quantitative estimate of drug-likeness (QED) is 0.344. The van der Waals surface area contributed by atoms with Crippen LogP contribution in [0.3, 0.4) is 0 Å². The van der Waals surface area contributed by atoms with Crippen molar-refractivity contribution in [3.05, 3.63) is 78.4 Å². The van der Waals surface area contributed by atoms with E-state index in [-0.39, 0.29) is 11.8 Å². The van der Waals surface area contributed by atoms with E-state index in [9.17, 15) is 9.59 Å². The molecule has 0 aliphatic rings. The van der Waals surface area contributed by atoms with Gasteiger partial charge in [0.25, 0.3) is 0 Å². The number of anilines is 1. The molecule has 1 aromatic heterocycles. The van der Waals surface area contributed by atoms with Gasteiger partial charge in [0.05, 0.1) is 13.0 Å². The van der Waals surface area contributed by atoms with Crippen molar-refractivity contribution in [1.82, 2.24) is 9.55 Å². The van der Waals surface area contributed by atoms with Gasteiger partial charge in [0, 0.05) is 24.1 Å². The minimum absolute atomic E-state index is 0.0346. The number of rotatable bonds is 9. The summed E-state index contributed by atoms with van der Waals surface area (Å²) in [6.07, 6.45) is 3.38. The molecule has 0 aliphatic heterocycles. The lowest BCUT2D eigenvalue weighted by molar-refractivity contribution is -0.156. The molecule has 0 aliphatic carbocycles. The molecular weight excluding hydrogens is 430 g/mol. The molecule has 0 saturated carbocycles. The first-order chi connectivity index (χ1) is 16.1. The lowest BCUT2D eigenvalue weighted by atomic mass is 9.86. The molecule has 2 atom stereocenters. The van der Waals surface area contributed by atoms with Gasteiger partial charge in [-0.05, 0) is 64.4 Å². The van der Waals surface area contributed by atoms with E-state index in [1.807, 2.05) is 48.7 Å².